The minimum atomic E-state index is -0.345. The van der Waals surface area contributed by atoms with Gasteiger partial charge in [-0.05, 0) is 64.0 Å². The highest BCUT2D eigenvalue weighted by Gasteiger charge is 2.02. The summed E-state index contributed by atoms with van der Waals surface area (Å²) in [5.41, 5.74) is 1.20. The molecular weight excluding hydrogens is 311 g/mol. The molecule has 0 aliphatic carbocycles. The first-order valence-corrected chi connectivity index (χ1v) is 6.32. The zero-order valence-electron chi connectivity index (χ0n) is 9.81. The Morgan fingerprint density at radius 1 is 1.16 bits per heavy atom. The second-order valence-corrected chi connectivity index (χ2v) is 4.77. The van der Waals surface area contributed by atoms with Crippen molar-refractivity contribution in [1.29, 1.82) is 0 Å². The Morgan fingerprint density at radius 2 is 1.84 bits per heavy atom. The maximum absolute atomic E-state index is 13.0. The van der Waals surface area contributed by atoms with E-state index in [2.05, 4.69) is 15.9 Å². The molecule has 2 aromatic rings. The normalized spacial score (nSPS) is 10.8. The topological polar surface area (TPSA) is 37.3 Å². The van der Waals surface area contributed by atoms with E-state index in [0.29, 0.717) is 10.0 Å². The van der Waals surface area contributed by atoms with Gasteiger partial charge in [-0.3, -0.25) is 4.79 Å². The highest BCUT2D eigenvalue weighted by molar-refractivity contribution is 9.10. The van der Waals surface area contributed by atoms with Gasteiger partial charge in [-0.15, -0.1) is 0 Å². The summed E-state index contributed by atoms with van der Waals surface area (Å²) in [6.07, 6.45) is 3.02. The number of phenols is 1. The molecule has 0 saturated heterocycles. The Kier molecular flexibility index (Phi) is 4.12. The summed E-state index contributed by atoms with van der Waals surface area (Å²) in [5, 5.41) is 9.13. The van der Waals surface area contributed by atoms with E-state index in [1.807, 2.05) is 0 Å². The number of hydrogen-bond donors (Lipinski definition) is 1. The number of rotatable bonds is 3. The standard InChI is InChI=1S/C15H10BrFO2/c16-13-9-10(1-7-14(13)17)2-8-15(19)11-3-5-12(18)6-4-11/h1-9,18H/b8-2+. The van der Waals surface area contributed by atoms with Crippen molar-refractivity contribution in [2.24, 2.45) is 0 Å². The number of hydrogen-bond acceptors (Lipinski definition) is 2. The SMILES string of the molecule is O=C(/C=C/c1ccc(F)c(Br)c1)c1ccc(O)cc1. The molecule has 0 spiro atoms. The zero-order chi connectivity index (χ0) is 13.8. The highest BCUT2D eigenvalue weighted by Crippen LogP contribution is 2.18. The predicted molar refractivity (Wildman–Crippen MR) is 75.6 cm³/mol. The van der Waals surface area contributed by atoms with Crippen molar-refractivity contribution in [1.82, 2.24) is 0 Å². The summed E-state index contributed by atoms with van der Waals surface area (Å²) in [7, 11) is 0. The van der Waals surface area contributed by atoms with Gasteiger partial charge in [-0.2, -0.15) is 0 Å². The van der Waals surface area contributed by atoms with Gasteiger partial charge in [0.25, 0.3) is 0 Å². The summed E-state index contributed by atoms with van der Waals surface area (Å²) >= 11 is 3.08. The zero-order valence-corrected chi connectivity index (χ0v) is 11.4. The molecule has 1 N–H and O–H groups in total. The van der Waals surface area contributed by atoms with Gasteiger partial charge in [0.1, 0.15) is 11.6 Å². The van der Waals surface area contributed by atoms with Gasteiger partial charge < -0.3 is 5.11 Å². The van der Waals surface area contributed by atoms with E-state index >= 15 is 0 Å². The maximum Gasteiger partial charge on any atom is 0.185 e. The van der Waals surface area contributed by atoms with Gasteiger partial charge >= 0.3 is 0 Å². The number of phenolic OH excluding ortho intramolecular Hbond substituents is 1. The molecule has 0 aliphatic rings. The number of carbonyl (C=O) groups excluding carboxylic acids is 1. The Bertz CT molecular complexity index is 633. The molecule has 19 heavy (non-hydrogen) atoms. The Labute approximate surface area is 118 Å². The molecule has 2 nitrogen and oxygen atoms in total. The van der Waals surface area contributed by atoms with E-state index in [0.717, 1.165) is 5.56 Å². The van der Waals surface area contributed by atoms with Crippen molar-refractivity contribution in [3.8, 4) is 5.75 Å². The largest absolute Gasteiger partial charge is 0.508 e. The van der Waals surface area contributed by atoms with Crippen molar-refractivity contribution in [2.75, 3.05) is 0 Å². The summed E-state index contributed by atoms with van der Waals surface area (Å²) < 4.78 is 13.4. The van der Waals surface area contributed by atoms with E-state index < -0.39 is 0 Å². The second-order valence-electron chi connectivity index (χ2n) is 3.92. The lowest BCUT2D eigenvalue weighted by Gasteiger charge is -1.98. The van der Waals surface area contributed by atoms with Crippen molar-refractivity contribution < 1.29 is 14.3 Å². The first-order valence-electron chi connectivity index (χ1n) is 5.53. The smallest absolute Gasteiger partial charge is 0.185 e. The van der Waals surface area contributed by atoms with E-state index in [4.69, 9.17) is 5.11 Å². The molecule has 4 heteroatoms. The molecule has 0 bridgehead atoms. The van der Waals surface area contributed by atoms with Crippen LogP contribution in [0.25, 0.3) is 6.08 Å². The lowest BCUT2D eigenvalue weighted by atomic mass is 10.1. The lowest BCUT2D eigenvalue weighted by Crippen LogP contribution is -1.93. The summed E-state index contributed by atoms with van der Waals surface area (Å²) in [4.78, 5) is 11.8. The Hall–Kier alpha value is -1.94. The van der Waals surface area contributed by atoms with Crippen LogP contribution >= 0.6 is 15.9 Å². The number of allylic oxidation sites excluding steroid dienone is 1. The fourth-order valence-corrected chi connectivity index (χ4v) is 1.91. The average molecular weight is 321 g/mol. The fraction of sp³-hybridized carbons (Fsp3) is 0. The molecule has 0 aliphatic heterocycles. The Morgan fingerprint density at radius 3 is 2.47 bits per heavy atom. The van der Waals surface area contributed by atoms with Gasteiger partial charge in [0.2, 0.25) is 0 Å². The van der Waals surface area contributed by atoms with Crippen molar-refractivity contribution >= 4 is 27.8 Å². The Balaban J connectivity index is 2.15. The van der Waals surface area contributed by atoms with Crippen LogP contribution in [0.4, 0.5) is 4.39 Å². The molecule has 0 aromatic heterocycles. The molecule has 0 unspecified atom stereocenters. The number of carbonyl (C=O) groups is 1. The first-order chi connectivity index (χ1) is 9.06. The molecule has 0 saturated carbocycles. The van der Waals surface area contributed by atoms with Crippen LogP contribution in [-0.2, 0) is 0 Å². The molecule has 0 heterocycles. The second kappa shape index (κ2) is 5.80. The summed E-state index contributed by atoms with van der Waals surface area (Å²) in [6.45, 7) is 0. The lowest BCUT2D eigenvalue weighted by molar-refractivity contribution is 0.104. The highest BCUT2D eigenvalue weighted by atomic mass is 79.9. The first kappa shape index (κ1) is 13.5. The number of aromatic hydroxyl groups is 1. The monoisotopic (exact) mass is 320 g/mol. The quantitative estimate of drug-likeness (QED) is 0.680. The third-order valence-corrected chi connectivity index (χ3v) is 3.13. The molecule has 2 rings (SSSR count). The average Bonchev–Trinajstić information content (AvgIpc) is 2.40. The molecule has 0 fully saturated rings. The van der Waals surface area contributed by atoms with Gasteiger partial charge in [0.05, 0.1) is 4.47 Å². The van der Waals surface area contributed by atoms with Crippen LogP contribution in [0.5, 0.6) is 5.75 Å². The molecular formula is C15H10BrFO2. The van der Waals surface area contributed by atoms with Crippen LogP contribution in [0.15, 0.2) is 53.0 Å². The van der Waals surface area contributed by atoms with Crippen LogP contribution < -0.4 is 0 Å². The van der Waals surface area contributed by atoms with E-state index in [1.165, 1.54) is 24.3 Å². The van der Waals surface area contributed by atoms with Crippen LogP contribution in [0.3, 0.4) is 0 Å². The third kappa shape index (κ3) is 3.51. The molecule has 0 radical (unpaired) electrons. The van der Waals surface area contributed by atoms with Crippen molar-refractivity contribution in [3.05, 3.63) is 70.0 Å². The van der Waals surface area contributed by atoms with E-state index in [1.54, 1.807) is 30.3 Å². The van der Waals surface area contributed by atoms with Crippen molar-refractivity contribution in [2.45, 2.75) is 0 Å². The molecule has 2 aromatic carbocycles. The van der Waals surface area contributed by atoms with Crippen LogP contribution in [-0.4, -0.2) is 10.9 Å². The minimum Gasteiger partial charge on any atom is -0.508 e. The fourth-order valence-electron chi connectivity index (χ4n) is 1.51. The van der Waals surface area contributed by atoms with Crippen LogP contribution in [0.2, 0.25) is 0 Å². The third-order valence-electron chi connectivity index (χ3n) is 2.52. The number of benzene rings is 2. The molecule has 0 amide bonds. The predicted octanol–water partition coefficient (Wildman–Crippen LogP) is 4.19. The van der Waals surface area contributed by atoms with Gasteiger partial charge in [0, 0.05) is 5.56 Å². The minimum absolute atomic E-state index is 0.114. The van der Waals surface area contributed by atoms with Gasteiger partial charge in [-0.1, -0.05) is 12.1 Å². The summed E-state index contributed by atoms with van der Waals surface area (Å²) in [5.74, 6) is -0.412. The van der Waals surface area contributed by atoms with E-state index in [-0.39, 0.29) is 17.3 Å². The van der Waals surface area contributed by atoms with Gasteiger partial charge in [-0.25, -0.2) is 4.39 Å². The molecule has 0 atom stereocenters. The number of halogens is 2. The molecule has 96 valence electrons. The van der Waals surface area contributed by atoms with Crippen LogP contribution in [0, 0.1) is 5.82 Å². The van der Waals surface area contributed by atoms with E-state index in [9.17, 15) is 9.18 Å². The maximum atomic E-state index is 13.0. The number of ketones is 1. The van der Waals surface area contributed by atoms with Crippen LogP contribution in [0.1, 0.15) is 15.9 Å². The van der Waals surface area contributed by atoms with Gasteiger partial charge in [0.15, 0.2) is 5.78 Å². The summed E-state index contributed by atoms with van der Waals surface area (Å²) in [6, 6.07) is 10.5. The van der Waals surface area contributed by atoms with Crippen molar-refractivity contribution in [3.63, 3.8) is 0 Å².